The van der Waals surface area contributed by atoms with E-state index in [4.69, 9.17) is 4.74 Å². The third kappa shape index (κ3) is 3.08. The second-order valence-electron chi connectivity index (χ2n) is 5.59. The van der Waals surface area contributed by atoms with Crippen LogP contribution in [0.4, 0.5) is 0 Å². The first-order valence-corrected chi connectivity index (χ1v) is 9.37. The van der Waals surface area contributed by atoms with Crippen molar-refractivity contribution in [1.82, 2.24) is 0 Å². The van der Waals surface area contributed by atoms with Crippen molar-refractivity contribution >= 4 is 23.5 Å². The molecule has 1 aliphatic rings. The van der Waals surface area contributed by atoms with Crippen molar-refractivity contribution in [3.05, 3.63) is 58.1 Å². The van der Waals surface area contributed by atoms with E-state index in [1.165, 1.54) is 22.3 Å². The van der Waals surface area contributed by atoms with Gasteiger partial charge in [-0.15, -0.1) is 23.5 Å². The van der Waals surface area contributed by atoms with E-state index in [1.807, 2.05) is 35.7 Å². The molecule has 0 spiro atoms. The summed E-state index contributed by atoms with van der Waals surface area (Å²) in [5.74, 6) is 2.78. The molecule has 0 radical (unpaired) electrons. The summed E-state index contributed by atoms with van der Waals surface area (Å²) < 4.78 is 5.46. The molecule has 116 valence electrons. The summed E-state index contributed by atoms with van der Waals surface area (Å²) in [4.78, 5) is 0. The van der Waals surface area contributed by atoms with Gasteiger partial charge in [-0.25, -0.2) is 0 Å². The minimum absolute atomic E-state index is 0.217. The Bertz CT molecular complexity index is 665. The molecule has 0 bridgehead atoms. The number of phenolic OH excluding ortho intramolecular Hbond substituents is 1. The van der Waals surface area contributed by atoms with Crippen molar-refractivity contribution in [2.75, 3.05) is 7.11 Å². The molecule has 1 N–H and O–H groups in total. The highest BCUT2D eigenvalue weighted by Crippen LogP contribution is 2.47. The van der Waals surface area contributed by atoms with Crippen molar-refractivity contribution in [2.24, 2.45) is 0 Å². The van der Waals surface area contributed by atoms with Gasteiger partial charge in [0.1, 0.15) is 0 Å². The van der Waals surface area contributed by atoms with E-state index in [0.717, 1.165) is 17.1 Å². The molecule has 0 saturated carbocycles. The van der Waals surface area contributed by atoms with Gasteiger partial charge in [-0.3, -0.25) is 0 Å². The number of hydrogen-bond acceptors (Lipinski definition) is 4. The zero-order chi connectivity index (χ0) is 15.7. The van der Waals surface area contributed by atoms with Gasteiger partial charge in [0.15, 0.2) is 11.5 Å². The molecule has 0 aromatic heterocycles. The Morgan fingerprint density at radius 3 is 2.09 bits per heavy atom. The molecule has 22 heavy (non-hydrogen) atoms. The fraction of sp³-hybridized carbons (Fsp3) is 0.333. The molecule has 2 nitrogen and oxygen atoms in total. The van der Waals surface area contributed by atoms with Crippen molar-refractivity contribution in [3.8, 4) is 11.5 Å². The van der Waals surface area contributed by atoms with Crippen LogP contribution in [-0.2, 0) is 11.5 Å². The topological polar surface area (TPSA) is 29.5 Å². The predicted molar refractivity (Wildman–Crippen MR) is 95.9 cm³/mol. The summed E-state index contributed by atoms with van der Waals surface area (Å²) in [7, 11) is 1.57. The number of hydrogen-bond donors (Lipinski definition) is 1. The van der Waals surface area contributed by atoms with Crippen molar-refractivity contribution in [2.45, 2.75) is 29.9 Å². The average molecular weight is 332 g/mol. The van der Waals surface area contributed by atoms with Gasteiger partial charge in [0.25, 0.3) is 0 Å². The molecule has 2 aromatic rings. The largest absolute Gasteiger partial charge is 0.504 e. The number of benzene rings is 2. The number of fused-ring (bicyclic) bond motifs is 1. The van der Waals surface area contributed by atoms with Crippen molar-refractivity contribution in [3.63, 3.8) is 0 Å². The molecular weight excluding hydrogens is 312 g/mol. The molecule has 0 amide bonds. The first-order valence-electron chi connectivity index (χ1n) is 7.27. The van der Waals surface area contributed by atoms with Gasteiger partial charge in [0.05, 0.1) is 11.7 Å². The summed E-state index contributed by atoms with van der Waals surface area (Å²) in [6.45, 7) is 4.36. The van der Waals surface area contributed by atoms with E-state index in [9.17, 15) is 5.11 Å². The maximum atomic E-state index is 10.00. The third-order valence-corrected chi connectivity index (χ3v) is 6.99. The average Bonchev–Trinajstić information content (AvgIpc) is 2.70. The molecule has 2 aromatic carbocycles. The molecule has 0 unspecified atom stereocenters. The second-order valence-corrected chi connectivity index (χ2v) is 8.08. The molecule has 0 atom stereocenters. The zero-order valence-corrected chi connectivity index (χ0v) is 14.7. The summed E-state index contributed by atoms with van der Waals surface area (Å²) in [6, 6.07) is 10.4. The standard InChI is InChI=1S/C18H20O2S2/c1-11-6-14-9-21-18(22-10-15(14)7-12(11)2)13-4-5-17(20-3)16(19)8-13/h4-8,18-19H,9-10H2,1-3H3. The van der Waals surface area contributed by atoms with Gasteiger partial charge in [-0.1, -0.05) is 18.2 Å². The molecule has 0 fully saturated rings. The maximum absolute atomic E-state index is 10.00. The Morgan fingerprint density at radius 2 is 1.59 bits per heavy atom. The number of thioether (sulfide) groups is 2. The Balaban J connectivity index is 1.83. The minimum atomic E-state index is 0.217. The summed E-state index contributed by atoms with van der Waals surface area (Å²) in [6.07, 6.45) is 0. The van der Waals surface area contributed by atoms with Gasteiger partial charge < -0.3 is 9.84 Å². The molecule has 1 heterocycles. The Labute approximate surface area is 140 Å². The zero-order valence-electron chi connectivity index (χ0n) is 13.1. The molecule has 3 rings (SSSR count). The van der Waals surface area contributed by atoms with Crippen LogP contribution >= 0.6 is 23.5 Å². The lowest BCUT2D eigenvalue weighted by molar-refractivity contribution is 0.373. The summed E-state index contributed by atoms with van der Waals surface area (Å²) in [5.41, 5.74) is 6.77. The van der Waals surface area contributed by atoms with Crippen molar-refractivity contribution < 1.29 is 9.84 Å². The Kier molecular flexibility index (Phi) is 4.59. The fourth-order valence-electron chi connectivity index (χ4n) is 2.63. The number of rotatable bonds is 2. The van der Waals surface area contributed by atoms with E-state index in [-0.39, 0.29) is 5.75 Å². The summed E-state index contributed by atoms with van der Waals surface area (Å²) >= 11 is 3.86. The highest BCUT2D eigenvalue weighted by Gasteiger charge is 2.20. The van der Waals surface area contributed by atoms with Crippen LogP contribution in [0.1, 0.15) is 32.4 Å². The Morgan fingerprint density at radius 1 is 1.00 bits per heavy atom. The predicted octanol–water partition coefficient (Wildman–Crippen LogP) is 5.20. The van der Waals surface area contributed by atoms with E-state index < -0.39 is 0 Å². The quantitative estimate of drug-likeness (QED) is 0.819. The SMILES string of the molecule is COc1ccc(C2SCc3cc(C)c(C)cc3CS2)cc1O. The highest BCUT2D eigenvalue weighted by molar-refractivity contribution is 8.15. The summed E-state index contributed by atoms with van der Waals surface area (Å²) in [5, 5.41) is 10.00. The smallest absolute Gasteiger partial charge is 0.160 e. The van der Waals surface area contributed by atoms with Crippen molar-refractivity contribution in [1.29, 1.82) is 0 Å². The van der Waals surface area contributed by atoms with Crippen LogP contribution in [0.15, 0.2) is 30.3 Å². The number of phenols is 1. The van der Waals surface area contributed by atoms with Gasteiger partial charge in [0, 0.05) is 11.5 Å². The van der Waals surface area contributed by atoms with Crippen LogP contribution in [0.25, 0.3) is 0 Å². The first kappa shape index (κ1) is 15.6. The van der Waals surface area contributed by atoms with Gasteiger partial charge in [0.2, 0.25) is 0 Å². The van der Waals surface area contributed by atoms with Gasteiger partial charge >= 0.3 is 0 Å². The highest BCUT2D eigenvalue weighted by atomic mass is 32.2. The number of ether oxygens (including phenoxy) is 1. The van der Waals surface area contributed by atoms with E-state index in [0.29, 0.717) is 10.3 Å². The number of aromatic hydroxyl groups is 1. The fourth-order valence-corrected chi connectivity index (χ4v) is 5.30. The Hall–Kier alpha value is -1.26. The molecule has 0 aliphatic carbocycles. The van der Waals surface area contributed by atoms with Crippen LogP contribution in [0, 0.1) is 13.8 Å². The van der Waals surface area contributed by atoms with E-state index in [1.54, 1.807) is 7.11 Å². The van der Waals surface area contributed by atoms with E-state index in [2.05, 4.69) is 32.0 Å². The molecule has 1 aliphatic heterocycles. The normalized spacial score (nSPS) is 15.2. The third-order valence-electron chi connectivity index (χ3n) is 4.07. The van der Waals surface area contributed by atoms with Crippen LogP contribution in [-0.4, -0.2) is 12.2 Å². The first-order chi connectivity index (χ1) is 10.6. The number of aryl methyl sites for hydroxylation is 2. The minimum Gasteiger partial charge on any atom is -0.504 e. The maximum Gasteiger partial charge on any atom is 0.160 e. The van der Waals surface area contributed by atoms with Crippen LogP contribution in [0.2, 0.25) is 0 Å². The van der Waals surface area contributed by atoms with E-state index >= 15 is 0 Å². The molecule has 0 saturated heterocycles. The lowest BCUT2D eigenvalue weighted by Gasteiger charge is -2.14. The molecule has 4 heteroatoms. The van der Waals surface area contributed by atoms with Gasteiger partial charge in [-0.2, -0.15) is 0 Å². The molecular formula is C18H20O2S2. The monoisotopic (exact) mass is 332 g/mol. The van der Waals surface area contributed by atoms with Crippen LogP contribution < -0.4 is 4.74 Å². The van der Waals surface area contributed by atoms with Crippen LogP contribution in [0.5, 0.6) is 11.5 Å². The lowest BCUT2D eigenvalue weighted by Crippen LogP contribution is -1.92. The second kappa shape index (κ2) is 6.47. The number of methoxy groups -OCH3 is 1. The van der Waals surface area contributed by atoms with Crippen LogP contribution in [0.3, 0.4) is 0 Å². The lowest BCUT2D eigenvalue weighted by atomic mass is 10.0. The van der Waals surface area contributed by atoms with Gasteiger partial charge in [-0.05, 0) is 53.8 Å².